The number of halogens is 1. The molecule has 1 heterocycles. The average Bonchev–Trinajstić information content (AvgIpc) is 2.51. The fourth-order valence-electron chi connectivity index (χ4n) is 2.20. The van der Waals surface area contributed by atoms with E-state index in [1.165, 1.54) is 0 Å². The Labute approximate surface area is 95.5 Å². The van der Waals surface area contributed by atoms with Gasteiger partial charge in [0.25, 0.3) is 0 Å². The van der Waals surface area contributed by atoms with Crippen LogP contribution in [0.4, 0.5) is 0 Å². The van der Waals surface area contributed by atoms with Gasteiger partial charge in [-0.1, -0.05) is 29.8 Å². The summed E-state index contributed by atoms with van der Waals surface area (Å²) in [6.45, 7) is 1.69. The minimum absolute atomic E-state index is 0.597. The van der Waals surface area contributed by atoms with E-state index in [9.17, 15) is 5.11 Å². The number of likely N-dealkylation sites (tertiary alicyclic amines) is 1. The molecule has 0 spiro atoms. The Bertz CT molecular complexity index is 355. The third-order valence-corrected chi connectivity index (χ3v) is 3.37. The van der Waals surface area contributed by atoms with Crippen LogP contribution < -0.4 is 0 Å². The standard InChI is InChI=1S/C12H16ClNO/c1-14-7-6-12(15,9-14)8-10-4-2-3-5-11(10)13/h2-5,15H,6-9H2,1H3. The molecule has 1 saturated heterocycles. The molecule has 82 valence electrons. The van der Waals surface area contributed by atoms with Crippen molar-refractivity contribution in [2.75, 3.05) is 20.1 Å². The van der Waals surface area contributed by atoms with E-state index in [0.717, 1.165) is 30.1 Å². The summed E-state index contributed by atoms with van der Waals surface area (Å²) in [5, 5.41) is 11.1. The second-order valence-electron chi connectivity index (χ2n) is 4.48. The SMILES string of the molecule is CN1CCC(O)(Cc2ccccc2Cl)C1. The molecular weight excluding hydrogens is 210 g/mol. The highest BCUT2D eigenvalue weighted by molar-refractivity contribution is 6.31. The molecule has 3 heteroatoms. The Morgan fingerprint density at radius 2 is 2.20 bits per heavy atom. The molecule has 1 aliphatic heterocycles. The van der Waals surface area contributed by atoms with Crippen molar-refractivity contribution >= 4 is 11.6 Å². The zero-order valence-electron chi connectivity index (χ0n) is 8.91. The van der Waals surface area contributed by atoms with Crippen LogP contribution in [0, 0.1) is 0 Å². The summed E-state index contributed by atoms with van der Waals surface area (Å²) in [6.07, 6.45) is 1.48. The Morgan fingerprint density at radius 3 is 2.80 bits per heavy atom. The minimum atomic E-state index is -0.597. The van der Waals surface area contributed by atoms with E-state index in [-0.39, 0.29) is 0 Å². The third-order valence-electron chi connectivity index (χ3n) is 3.00. The largest absolute Gasteiger partial charge is 0.388 e. The van der Waals surface area contributed by atoms with E-state index < -0.39 is 5.60 Å². The van der Waals surface area contributed by atoms with Crippen LogP contribution in [0.25, 0.3) is 0 Å². The van der Waals surface area contributed by atoms with E-state index in [4.69, 9.17) is 11.6 Å². The number of hydrogen-bond acceptors (Lipinski definition) is 2. The molecule has 1 aliphatic rings. The van der Waals surface area contributed by atoms with Crippen molar-refractivity contribution in [2.45, 2.75) is 18.4 Å². The maximum atomic E-state index is 10.3. The van der Waals surface area contributed by atoms with E-state index >= 15 is 0 Å². The van der Waals surface area contributed by atoms with Crippen LogP contribution in [0.3, 0.4) is 0 Å². The molecule has 0 amide bonds. The van der Waals surface area contributed by atoms with Crippen LogP contribution in [0.2, 0.25) is 5.02 Å². The summed E-state index contributed by atoms with van der Waals surface area (Å²) in [5.74, 6) is 0. The fourth-order valence-corrected chi connectivity index (χ4v) is 2.40. The quantitative estimate of drug-likeness (QED) is 0.832. The lowest BCUT2D eigenvalue weighted by Crippen LogP contribution is -2.34. The smallest absolute Gasteiger partial charge is 0.0826 e. The van der Waals surface area contributed by atoms with Crippen LogP contribution in [0.15, 0.2) is 24.3 Å². The number of rotatable bonds is 2. The summed E-state index contributed by atoms with van der Waals surface area (Å²) in [7, 11) is 2.03. The number of hydrogen-bond donors (Lipinski definition) is 1. The summed E-state index contributed by atoms with van der Waals surface area (Å²) in [6, 6.07) is 7.73. The van der Waals surface area contributed by atoms with Gasteiger partial charge in [-0.2, -0.15) is 0 Å². The van der Waals surface area contributed by atoms with Crippen LogP contribution in [0.5, 0.6) is 0 Å². The lowest BCUT2D eigenvalue weighted by molar-refractivity contribution is 0.0524. The van der Waals surface area contributed by atoms with Crippen molar-refractivity contribution in [3.63, 3.8) is 0 Å². The van der Waals surface area contributed by atoms with E-state index in [1.807, 2.05) is 31.3 Å². The summed E-state index contributed by atoms with van der Waals surface area (Å²) >= 11 is 6.08. The molecule has 0 aliphatic carbocycles. The van der Waals surface area contributed by atoms with Crippen molar-refractivity contribution in [3.05, 3.63) is 34.9 Å². The first-order chi connectivity index (χ1) is 7.09. The van der Waals surface area contributed by atoms with Gasteiger partial charge >= 0.3 is 0 Å². The van der Waals surface area contributed by atoms with Gasteiger partial charge in [-0.15, -0.1) is 0 Å². The lowest BCUT2D eigenvalue weighted by atomic mass is 9.94. The molecule has 2 rings (SSSR count). The molecule has 15 heavy (non-hydrogen) atoms. The van der Waals surface area contributed by atoms with E-state index in [1.54, 1.807) is 0 Å². The van der Waals surface area contributed by atoms with Gasteiger partial charge < -0.3 is 10.0 Å². The van der Waals surface area contributed by atoms with Gasteiger partial charge in [-0.3, -0.25) is 0 Å². The molecule has 1 aromatic rings. The number of nitrogens with zero attached hydrogens (tertiary/aromatic N) is 1. The third kappa shape index (κ3) is 2.51. The fraction of sp³-hybridized carbons (Fsp3) is 0.500. The topological polar surface area (TPSA) is 23.5 Å². The number of benzene rings is 1. The Morgan fingerprint density at radius 1 is 1.47 bits per heavy atom. The first-order valence-corrected chi connectivity index (χ1v) is 5.61. The maximum absolute atomic E-state index is 10.3. The predicted octanol–water partition coefficient (Wildman–Crippen LogP) is 1.95. The summed E-state index contributed by atoms with van der Waals surface area (Å²) in [5.41, 5.74) is 0.441. The van der Waals surface area contributed by atoms with E-state index in [0.29, 0.717) is 6.42 Å². The highest BCUT2D eigenvalue weighted by Crippen LogP contribution is 2.27. The Kier molecular flexibility index (Phi) is 3.01. The second kappa shape index (κ2) is 4.12. The predicted molar refractivity (Wildman–Crippen MR) is 62.2 cm³/mol. The molecule has 0 saturated carbocycles. The molecular formula is C12H16ClNO. The summed E-state index contributed by atoms with van der Waals surface area (Å²) in [4.78, 5) is 2.15. The van der Waals surface area contributed by atoms with Crippen molar-refractivity contribution in [1.82, 2.24) is 4.90 Å². The van der Waals surface area contributed by atoms with Crippen LogP contribution in [-0.4, -0.2) is 35.7 Å². The Hall–Kier alpha value is -0.570. The molecule has 1 fully saturated rings. The Balaban J connectivity index is 2.12. The molecule has 2 nitrogen and oxygen atoms in total. The number of aliphatic hydroxyl groups is 1. The van der Waals surface area contributed by atoms with Gasteiger partial charge in [0.1, 0.15) is 0 Å². The molecule has 1 atom stereocenters. The number of likely N-dealkylation sites (N-methyl/N-ethyl adjacent to an activating group) is 1. The van der Waals surface area contributed by atoms with Crippen LogP contribution in [0.1, 0.15) is 12.0 Å². The van der Waals surface area contributed by atoms with E-state index in [2.05, 4.69) is 4.90 Å². The lowest BCUT2D eigenvalue weighted by Gasteiger charge is -2.22. The van der Waals surface area contributed by atoms with Crippen LogP contribution in [-0.2, 0) is 6.42 Å². The molecule has 0 bridgehead atoms. The van der Waals surface area contributed by atoms with Gasteiger partial charge in [0, 0.05) is 24.5 Å². The zero-order valence-corrected chi connectivity index (χ0v) is 9.67. The molecule has 0 radical (unpaired) electrons. The highest BCUT2D eigenvalue weighted by Gasteiger charge is 2.34. The van der Waals surface area contributed by atoms with Gasteiger partial charge in [-0.05, 0) is 25.1 Å². The maximum Gasteiger partial charge on any atom is 0.0826 e. The molecule has 1 unspecified atom stereocenters. The van der Waals surface area contributed by atoms with Gasteiger partial charge in [0.15, 0.2) is 0 Å². The van der Waals surface area contributed by atoms with Crippen LogP contribution >= 0.6 is 11.6 Å². The normalized spacial score (nSPS) is 27.1. The van der Waals surface area contributed by atoms with Crippen molar-refractivity contribution in [2.24, 2.45) is 0 Å². The first kappa shape index (κ1) is 10.9. The molecule has 0 aromatic heterocycles. The minimum Gasteiger partial charge on any atom is -0.388 e. The molecule has 1 N–H and O–H groups in total. The van der Waals surface area contributed by atoms with Crippen molar-refractivity contribution in [3.8, 4) is 0 Å². The number of β-amino-alcohol motifs (C(OH)–C–C–N with tert-alkyl or cyclic N) is 1. The first-order valence-electron chi connectivity index (χ1n) is 5.23. The average molecular weight is 226 g/mol. The van der Waals surface area contributed by atoms with Crippen molar-refractivity contribution < 1.29 is 5.11 Å². The van der Waals surface area contributed by atoms with Crippen molar-refractivity contribution in [1.29, 1.82) is 0 Å². The molecule has 1 aromatic carbocycles. The van der Waals surface area contributed by atoms with Gasteiger partial charge in [0.05, 0.1) is 5.60 Å². The second-order valence-corrected chi connectivity index (χ2v) is 4.89. The zero-order chi connectivity index (χ0) is 10.9. The highest BCUT2D eigenvalue weighted by atomic mass is 35.5. The van der Waals surface area contributed by atoms with Gasteiger partial charge in [0.2, 0.25) is 0 Å². The monoisotopic (exact) mass is 225 g/mol. The van der Waals surface area contributed by atoms with Gasteiger partial charge in [-0.25, -0.2) is 0 Å². The summed E-state index contributed by atoms with van der Waals surface area (Å²) < 4.78 is 0.